The maximum absolute atomic E-state index is 5.35. The van der Waals surface area contributed by atoms with E-state index in [-0.39, 0.29) is 0 Å². The van der Waals surface area contributed by atoms with E-state index in [1.165, 1.54) is 27.1 Å². The Balaban J connectivity index is 1.01. The molecule has 0 aliphatic rings. The number of rotatable bonds is 8. The Kier molecular flexibility index (Phi) is 9.43. The summed E-state index contributed by atoms with van der Waals surface area (Å²) in [4.78, 5) is 15.8. The second kappa shape index (κ2) is 16.4. The quantitative estimate of drug-likeness (QED) is 0.153. The van der Waals surface area contributed by atoms with Crippen molar-refractivity contribution in [3.8, 4) is 78.9 Å². The fourth-order valence-corrected chi connectivity index (χ4v) is 10.0. The highest BCUT2D eigenvalue weighted by Gasteiger charge is 2.21. The van der Waals surface area contributed by atoms with E-state index >= 15 is 0 Å². The van der Waals surface area contributed by atoms with Crippen LogP contribution in [0.3, 0.4) is 0 Å². The molecule has 5 nitrogen and oxygen atoms in total. The van der Waals surface area contributed by atoms with Gasteiger partial charge in [0.15, 0.2) is 17.5 Å². The minimum absolute atomic E-state index is 0.596. The Morgan fingerprint density at radius 3 is 1.06 bits per heavy atom. The summed E-state index contributed by atoms with van der Waals surface area (Å²) in [6.07, 6.45) is 0. The molecule has 0 N–H and O–H groups in total. The van der Waals surface area contributed by atoms with Crippen LogP contribution in [0.25, 0.3) is 123 Å². The summed E-state index contributed by atoms with van der Waals surface area (Å²) in [6.45, 7) is 0. The third kappa shape index (κ3) is 6.68. The van der Waals surface area contributed by atoms with E-state index in [4.69, 9.17) is 15.0 Å². The summed E-state index contributed by atoms with van der Waals surface area (Å²) in [5, 5.41) is 4.85. The van der Waals surface area contributed by atoms with Crippen LogP contribution >= 0.6 is 0 Å². The van der Waals surface area contributed by atoms with Gasteiger partial charge in [-0.05, 0) is 64.7 Å². The molecule has 10 aromatic carbocycles. The maximum atomic E-state index is 5.35. The molecule has 0 unspecified atom stereocenters. The lowest BCUT2D eigenvalue weighted by Crippen LogP contribution is -2.02. The number of fused-ring (bicyclic) bond motifs is 6. The van der Waals surface area contributed by atoms with Crippen LogP contribution in [0.1, 0.15) is 0 Å². The molecule has 0 amide bonds. The van der Waals surface area contributed by atoms with Gasteiger partial charge in [-0.25, -0.2) is 15.0 Å². The molecule has 5 heteroatoms. The molecule has 0 spiro atoms. The molecule has 318 valence electrons. The monoisotopic (exact) mass is 867 g/mol. The largest absolute Gasteiger partial charge is 0.309 e. The van der Waals surface area contributed by atoms with Crippen molar-refractivity contribution in [2.75, 3.05) is 0 Å². The molecular formula is C63H41N5. The van der Waals surface area contributed by atoms with E-state index < -0.39 is 0 Å². The van der Waals surface area contributed by atoms with E-state index in [1.54, 1.807) is 0 Å². The summed E-state index contributed by atoms with van der Waals surface area (Å²) in [5.74, 6) is 1.80. The molecule has 0 atom stereocenters. The van der Waals surface area contributed by atoms with Crippen LogP contribution in [0.15, 0.2) is 249 Å². The van der Waals surface area contributed by atoms with Gasteiger partial charge in [0.1, 0.15) is 0 Å². The van der Waals surface area contributed by atoms with Crippen molar-refractivity contribution in [1.29, 1.82) is 0 Å². The van der Waals surface area contributed by atoms with Gasteiger partial charge >= 0.3 is 0 Å². The molecule has 0 fully saturated rings. The Bertz CT molecular complexity index is 3910. The predicted octanol–water partition coefficient (Wildman–Crippen LogP) is 16.1. The van der Waals surface area contributed by atoms with Crippen LogP contribution in [0.5, 0.6) is 0 Å². The van der Waals surface area contributed by atoms with Crippen molar-refractivity contribution in [3.63, 3.8) is 0 Å². The molecular weight excluding hydrogens is 827 g/mol. The predicted molar refractivity (Wildman–Crippen MR) is 281 cm³/mol. The first-order valence-electron chi connectivity index (χ1n) is 23.0. The lowest BCUT2D eigenvalue weighted by Gasteiger charge is -2.17. The van der Waals surface area contributed by atoms with Crippen LogP contribution in [0.2, 0.25) is 0 Å². The molecule has 0 bridgehead atoms. The third-order valence-electron chi connectivity index (χ3n) is 13.2. The first-order chi connectivity index (χ1) is 33.7. The average molecular weight is 868 g/mol. The second-order valence-corrected chi connectivity index (χ2v) is 17.2. The molecule has 0 saturated heterocycles. The van der Waals surface area contributed by atoms with Crippen molar-refractivity contribution in [1.82, 2.24) is 24.1 Å². The van der Waals surface area contributed by atoms with E-state index in [1.807, 2.05) is 18.2 Å². The van der Waals surface area contributed by atoms with Gasteiger partial charge < -0.3 is 9.13 Å². The normalized spacial score (nSPS) is 11.5. The lowest BCUT2D eigenvalue weighted by atomic mass is 9.96. The zero-order valence-electron chi connectivity index (χ0n) is 36.9. The van der Waals surface area contributed by atoms with Gasteiger partial charge in [-0.3, -0.25) is 0 Å². The highest BCUT2D eigenvalue weighted by molar-refractivity contribution is 6.11. The van der Waals surface area contributed by atoms with Crippen molar-refractivity contribution in [2.45, 2.75) is 0 Å². The number of benzene rings is 10. The molecule has 3 heterocycles. The molecule has 0 aliphatic carbocycles. The Hall–Kier alpha value is -9.19. The fraction of sp³-hybridized carbons (Fsp3) is 0. The van der Waals surface area contributed by atoms with Crippen LogP contribution in [0.4, 0.5) is 0 Å². The fourth-order valence-electron chi connectivity index (χ4n) is 10.0. The summed E-state index contributed by atoms with van der Waals surface area (Å²) in [7, 11) is 0. The second-order valence-electron chi connectivity index (χ2n) is 17.2. The number of hydrogen-bond donors (Lipinski definition) is 0. The minimum atomic E-state index is 0.596. The summed E-state index contributed by atoms with van der Waals surface area (Å²) >= 11 is 0. The third-order valence-corrected chi connectivity index (χ3v) is 13.2. The van der Waals surface area contributed by atoms with Crippen molar-refractivity contribution >= 4 is 43.6 Å². The Morgan fingerprint density at radius 2 is 0.559 bits per heavy atom. The van der Waals surface area contributed by atoms with E-state index in [2.05, 4.69) is 240 Å². The van der Waals surface area contributed by atoms with E-state index in [9.17, 15) is 0 Å². The zero-order valence-corrected chi connectivity index (χ0v) is 36.9. The first-order valence-corrected chi connectivity index (χ1v) is 23.0. The number of aromatic nitrogens is 5. The highest BCUT2D eigenvalue weighted by atomic mass is 15.0. The standard InChI is InChI=1S/C63H41N5/c1-4-19-42(20-5-1)45-35-37-50(59(40-45)67-55-31-14-10-27-51(55)52-28-11-15-32-56(52)67)46-25-18-26-47(39-46)62-64-61(44-23-8-3-9-24-44)65-63(66-62)48-36-38-49(43-21-6-2-7-22-43)60(41-48)68-57-33-16-12-29-53(57)54-30-13-17-34-58(54)68/h1-41H. The lowest BCUT2D eigenvalue weighted by molar-refractivity contribution is 1.07. The van der Waals surface area contributed by atoms with Gasteiger partial charge in [-0.1, -0.05) is 206 Å². The molecule has 0 radical (unpaired) electrons. The van der Waals surface area contributed by atoms with Crippen molar-refractivity contribution in [2.24, 2.45) is 0 Å². The van der Waals surface area contributed by atoms with Gasteiger partial charge in [0.2, 0.25) is 0 Å². The smallest absolute Gasteiger partial charge is 0.164 e. The number of hydrogen-bond acceptors (Lipinski definition) is 3. The van der Waals surface area contributed by atoms with E-state index in [0.717, 1.165) is 77.9 Å². The van der Waals surface area contributed by atoms with Crippen LogP contribution in [-0.4, -0.2) is 24.1 Å². The molecule has 13 aromatic rings. The molecule has 68 heavy (non-hydrogen) atoms. The van der Waals surface area contributed by atoms with Gasteiger partial charge in [0.05, 0.1) is 33.4 Å². The summed E-state index contributed by atoms with van der Waals surface area (Å²) in [5.41, 5.74) is 16.2. The van der Waals surface area contributed by atoms with Gasteiger partial charge in [-0.15, -0.1) is 0 Å². The van der Waals surface area contributed by atoms with Crippen molar-refractivity contribution < 1.29 is 0 Å². The Morgan fingerprint density at radius 1 is 0.221 bits per heavy atom. The van der Waals surface area contributed by atoms with Crippen LogP contribution < -0.4 is 0 Å². The topological polar surface area (TPSA) is 48.5 Å². The van der Waals surface area contributed by atoms with Crippen molar-refractivity contribution in [3.05, 3.63) is 249 Å². The van der Waals surface area contributed by atoms with Gasteiger partial charge in [0.25, 0.3) is 0 Å². The first kappa shape index (κ1) is 39.2. The maximum Gasteiger partial charge on any atom is 0.164 e. The zero-order chi connectivity index (χ0) is 45.0. The highest BCUT2D eigenvalue weighted by Crippen LogP contribution is 2.41. The van der Waals surface area contributed by atoms with Gasteiger partial charge in [0, 0.05) is 49.4 Å². The van der Waals surface area contributed by atoms with E-state index in [0.29, 0.717) is 17.5 Å². The summed E-state index contributed by atoms with van der Waals surface area (Å²) in [6, 6.07) is 88.2. The molecule has 0 saturated carbocycles. The number of para-hydroxylation sites is 4. The average Bonchev–Trinajstić information content (AvgIpc) is 3.94. The molecule has 0 aliphatic heterocycles. The van der Waals surface area contributed by atoms with Crippen LogP contribution in [0, 0.1) is 0 Å². The minimum Gasteiger partial charge on any atom is -0.309 e. The van der Waals surface area contributed by atoms with Gasteiger partial charge in [-0.2, -0.15) is 0 Å². The SMILES string of the molecule is c1ccc(-c2ccc(-c3cccc(-c4nc(-c5ccccc5)nc(-c5ccc(-c6ccccc6)c(-n6c7ccccc7c7ccccc76)c5)n4)c3)c(-n3c4ccccc4c4ccccc43)c2)cc1. The Labute approximate surface area is 393 Å². The van der Waals surface area contributed by atoms with Crippen LogP contribution in [-0.2, 0) is 0 Å². The molecule has 3 aromatic heterocycles. The summed E-state index contributed by atoms with van der Waals surface area (Å²) < 4.78 is 4.81. The number of nitrogens with zero attached hydrogens (tertiary/aromatic N) is 5. The molecule has 13 rings (SSSR count).